The van der Waals surface area contributed by atoms with Gasteiger partial charge in [-0.15, -0.1) is 0 Å². The Morgan fingerprint density at radius 1 is 1.26 bits per heavy atom. The van der Waals surface area contributed by atoms with Gasteiger partial charge < -0.3 is 10.2 Å². The summed E-state index contributed by atoms with van der Waals surface area (Å²) in [6.45, 7) is 10.8. The highest BCUT2D eigenvalue weighted by Crippen LogP contribution is 2.21. The van der Waals surface area contributed by atoms with E-state index in [1.54, 1.807) is 0 Å². The molecule has 19 heavy (non-hydrogen) atoms. The predicted molar refractivity (Wildman–Crippen MR) is 79.6 cm³/mol. The molecule has 0 atom stereocenters. The topological polar surface area (TPSA) is 41.0 Å². The van der Waals surface area contributed by atoms with Crippen LogP contribution in [-0.2, 0) is 0 Å². The maximum Gasteiger partial charge on any atom is 0.132 e. The van der Waals surface area contributed by atoms with Crippen LogP contribution in [0.5, 0.6) is 0 Å². The molecule has 0 radical (unpaired) electrons. The quantitative estimate of drug-likeness (QED) is 0.827. The smallest absolute Gasteiger partial charge is 0.132 e. The molecule has 1 N–H and O–H groups in total. The first-order chi connectivity index (χ1) is 9.19. The fourth-order valence-corrected chi connectivity index (χ4v) is 2.71. The SMILES string of the molecule is CCCNCC1CCN(c2cc(C)nc(C)n2)CC1. The normalized spacial score (nSPS) is 16.9. The van der Waals surface area contributed by atoms with Crippen LogP contribution in [0.15, 0.2) is 6.07 Å². The van der Waals surface area contributed by atoms with Crippen molar-refractivity contribution in [3.8, 4) is 0 Å². The van der Waals surface area contributed by atoms with E-state index >= 15 is 0 Å². The summed E-state index contributed by atoms with van der Waals surface area (Å²) in [5, 5.41) is 3.53. The van der Waals surface area contributed by atoms with E-state index in [-0.39, 0.29) is 0 Å². The third-order valence-corrected chi connectivity index (χ3v) is 3.75. The Hall–Kier alpha value is -1.16. The van der Waals surface area contributed by atoms with Crippen molar-refractivity contribution in [1.82, 2.24) is 15.3 Å². The Labute approximate surface area is 116 Å². The molecular weight excluding hydrogens is 236 g/mol. The van der Waals surface area contributed by atoms with Crippen molar-refractivity contribution >= 4 is 5.82 Å². The average Bonchev–Trinajstić information content (AvgIpc) is 2.39. The van der Waals surface area contributed by atoms with Crippen molar-refractivity contribution in [2.75, 3.05) is 31.1 Å². The lowest BCUT2D eigenvalue weighted by Gasteiger charge is -2.33. The van der Waals surface area contributed by atoms with Crippen LogP contribution in [0.25, 0.3) is 0 Å². The van der Waals surface area contributed by atoms with E-state index in [1.165, 1.54) is 25.8 Å². The summed E-state index contributed by atoms with van der Waals surface area (Å²) in [7, 11) is 0. The lowest BCUT2D eigenvalue weighted by atomic mass is 9.97. The zero-order valence-electron chi connectivity index (χ0n) is 12.4. The van der Waals surface area contributed by atoms with Gasteiger partial charge in [-0.25, -0.2) is 9.97 Å². The summed E-state index contributed by atoms with van der Waals surface area (Å²) in [4.78, 5) is 11.3. The van der Waals surface area contributed by atoms with E-state index in [2.05, 4.69) is 33.2 Å². The molecular formula is C15H26N4. The highest BCUT2D eigenvalue weighted by atomic mass is 15.2. The van der Waals surface area contributed by atoms with Crippen LogP contribution in [0.1, 0.15) is 37.7 Å². The lowest BCUT2D eigenvalue weighted by molar-refractivity contribution is 0.382. The van der Waals surface area contributed by atoms with Crippen LogP contribution in [-0.4, -0.2) is 36.1 Å². The van der Waals surface area contributed by atoms with Gasteiger partial charge >= 0.3 is 0 Å². The molecule has 1 saturated heterocycles. The number of aromatic nitrogens is 2. The molecule has 0 unspecified atom stereocenters. The van der Waals surface area contributed by atoms with Crippen molar-refractivity contribution in [1.29, 1.82) is 0 Å². The lowest BCUT2D eigenvalue weighted by Crippen LogP contribution is -2.38. The van der Waals surface area contributed by atoms with Crippen LogP contribution < -0.4 is 10.2 Å². The number of nitrogens with one attached hydrogen (secondary N) is 1. The number of hydrogen-bond donors (Lipinski definition) is 1. The maximum absolute atomic E-state index is 4.56. The first-order valence-corrected chi connectivity index (χ1v) is 7.47. The highest BCUT2D eigenvalue weighted by Gasteiger charge is 2.20. The highest BCUT2D eigenvalue weighted by molar-refractivity contribution is 5.40. The second kappa shape index (κ2) is 6.85. The minimum atomic E-state index is 0.826. The molecule has 1 aromatic heterocycles. The second-order valence-electron chi connectivity index (χ2n) is 5.55. The summed E-state index contributed by atoms with van der Waals surface area (Å²) >= 11 is 0. The van der Waals surface area contributed by atoms with Crippen LogP contribution in [0.4, 0.5) is 5.82 Å². The third-order valence-electron chi connectivity index (χ3n) is 3.75. The van der Waals surface area contributed by atoms with Crippen molar-refractivity contribution in [2.45, 2.75) is 40.0 Å². The number of aryl methyl sites for hydroxylation is 2. The fraction of sp³-hybridized carbons (Fsp3) is 0.733. The Kier molecular flexibility index (Phi) is 5.14. The summed E-state index contributed by atoms with van der Waals surface area (Å²) in [6.07, 6.45) is 3.75. The average molecular weight is 262 g/mol. The molecule has 0 amide bonds. The van der Waals surface area contributed by atoms with Gasteiger partial charge in [-0.1, -0.05) is 6.92 Å². The number of hydrogen-bond acceptors (Lipinski definition) is 4. The van der Waals surface area contributed by atoms with Gasteiger partial charge in [0.25, 0.3) is 0 Å². The van der Waals surface area contributed by atoms with Gasteiger partial charge in [-0.05, 0) is 52.1 Å². The largest absolute Gasteiger partial charge is 0.356 e. The van der Waals surface area contributed by atoms with Gasteiger partial charge in [0.15, 0.2) is 0 Å². The third kappa shape index (κ3) is 4.16. The van der Waals surface area contributed by atoms with E-state index in [4.69, 9.17) is 0 Å². The maximum atomic E-state index is 4.56. The van der Waals surface area contributed by atoms with Crippen molar-refractivity contribution < 1.29 is 0 Å². The second-order valence-corrected chi connectivity index (χ2v) is 5.55. The molecule has 1 aliphatic heterocycles. The molecule has 0 aromatic carbocycles. The van der Waals surface area contributed by atoms with Gasteiger partial charge in [0, 0.05) is 24.8 Å². The van der Waals surface area contributed by atoms with Crippen LogP contribution in [0.2, 0.25) is 0 Å². The van der Waals surface area contributed by atoms with E-state index in [0.29, 0.717) is 0 Å². The molecule has 4 heteroatoms. The molecule has 4 nitrogen and oxygen atoms in total. The van der Waals surface area contributed by atoms with E-state index in [1.807, 2.05) is 13.8 Å². The molecule has 0 saturated carbocycles. The number of nitrogens with zero attached hydrogens (tertiary/aromatic N) is 3. The van der Waals surface area contributed by atoms with E-state index in [9.17, 15) is 0 Å². The van der Waals surface area contributed by atoms with Gasteiger partial charge in [-0.2, -0.15) is 0 Å². The Morgan fingerprint density at radius 3 is 2.63 bits per heavy atom. The van der Waals surface area contributed by atoms with E-state index < -0.39 is 0 Å². The van der Waals surface area contributed by atoms with Gasteiger partial charge in [0.1, 0.15) is 11.6 Å². The van der Waals surface area contributed by atoms with Crippen molar-refractivity contribution in [3.63, 3.8) is 0 Å². The minimum Gasteiger partial charge on any atom is -0.356 e. The number of rotatable bonds is 5. The van der Waals surface area contributed by atoms with Gasteiger partial charge in [0.2, 0.25) is 0 Å². The molecule has 2 heterocycles. The molecule has 0 bridgehead atoms. The molecule has 106 valence electrons. The first-order valence-electron chi connectivity index (χ1n) is 7.47. The molecule has 0 spiro atoms. The zero-order valence-corrected chi connectivity index (χ0v) is 12.4. The summed E-state index contributed by atoms with van der Waals surface area (Å²) < 4.78 is 0. The summed E-state index contributed by atoms with van der Waals surface area (Å²) in [5.74, 6) is 2.80. The van der Waals surface area contributed by atoms with E-state index in [0.717, 1.165) is 42.9 Å². The Balaban J connectivity index is 1.85. The summed E-state index contributed by atoms with van der Waals surface area (Å²) in [5.41, 5.74) is 1.06. The van der Waals surface area contributed by atoms with Crippen LogP contribution >= 0.6 is 0 Å². The molecule has 2 rings (SSSR count). The minimum absolute atomic E-state index is 0.826. The van der Waals surface area contributed by atoms with Crippen molar-refractivity contribution in [2.24, 2.45) is 5.92 Å². The Bertz CT molecular complexity index is 377. The summed E-state index contributed by atoms with van der Waals surface area (Å²) in [6, 6.07) is 2.10. The zero-order chi connectivity index (χ0) is 13.7. The first kappa shape index (κ1) is 14.3. The molecule has 1 aliphatic rings. The molecule has 1 fully saturated rings. The van der Waals surface area contributed by atoms with Crippen molar-refractivity contribution in [3.05, 3.63) is 17.6 Å². The predicted octanol–water partition coefficient (Wildman–Crippen LogP) is 2.31. The van der Waals surface area contributed by atoms with Crippen LogP contribution in [0.3, 0.4) is 0 Å². The van der Waals surface area contributed by atoms with Gasteiger partial charge in [0.05, 0.1) is 0 Å². The monoisotopic (exact) mass is 262 g/mol. The molecule has 0 aliphatic carbocycles. The van der Waals surface area contributed by atoms with Crippen LogP contribution in [0, 0.1) is 19.8 Å². The number of piperidine rings is 1. The molecule has 1 aromatic rings. The van der Waals surface area contributed by atoms with Gasteiger partial charge in [-0.3, -0.25) is 0 Å². The fourth-order valence-electron chi connectivity index (χ4n) is 2.71. The number of anilines is 1. The Morgan fingerprint density at radius 2 is 2.00 bits per heavy atom. The standard InChI is InChI=1S/C15H26N4/c1-4-7-16-11-14-5-8-19(9-6-14)15-10-12(2)17-13(3)18-15/h10,14,16H,4-9,11H2,1-3H3.